The van der Waals surface area contributed by atoms with Crippen LogP contribution in [0.1, 0.15) is 53.7 Å². The van der Waals surface area contributed by atoms with Crippen molar-refractivity contribution < 1.29 is 9.84 Å². The molecule has 0 unspecified atom stereocenters. The van der Waals surface area contributed by atoms with Crippen molar-refractivity contribution in [1.29, 1.82) is 0 Å². The van der Waals surface area contributed by atoms with E-state index in [0.29, 0.717) is 24.8 Å². The summed E-state index contributed by atoms with van der Waals surface area (Å²) in [4.78, 5) is 9.04. The number of allylic oxidation sites excluding steroid dienone is 3. The fourth-order valence-electron chi connectivity index (χ4n) is 1.74. The second-order valence-electron chi connectivity index (χ2n) is 5.46. The van der Waals surface area contributed by atoms with Crippen molar-refractivity contribution in [2.45, 2.75) is 54.0 Å². The lowest BCUT2D eigenvalue weighted by atomic mass is 10.3. The van der Waals surface area contributed by atoms with Crippen LogP contribution in [0.25, 0.3) is 0 Å². The number of nitrogens with zero attached hydrogens (tertiary/aromatic N) is 2. The van der Waals surface area contributed by atoms with Crippen molar-refractivity contribution in [3.05, 3.63) is 46.9 Å². The topological polar surface area (TPSA) is 66.7 Å². The summed E-state index contributed by atoms with van der Waals surface area (Å²) in [5.74, 6) is 1.06. The molecule has 0 fully saturated rings. The largest absolute Gasteiger partial charge is 0.512 e. The van der Waals surface area contributed by atoms with Crippen LogP contribution in [0.15, 0.2) is 46.2 Å². The van der Waals surface area contributed by atoms with Gasteiger partial charge in [0.25, 0.3) is 0 Å². The van der Waals surface area contributed by atoms with Gasteiger partial charge in [0.05, 0.1) is 30.8 Å². The summed E-state index contributed by atoms with van der Waals surface area (Å²) in [6.45, 7) is 12.4. The van der Waals surface area contributed by atoms with Gasteiger partial charge in [0, 0.05) is 17.8 Å². The van der Waals surface area contributed by atoms with Crippen molar-refractivity contribution in [2.24, 2.45) is 4.99 Å². The smallest absolute Gasteiger partial charge is 0.183 e. The molecule has 0 amide bonds. The minimum atomic E-state index is 0.338. The number of aliphatic hydroxyl groups is 1. The molecule has 2 N–H and O–H groups in total. The Morgan fingerprint density at radius 1 is 1.42 bits per heavy atom. The van der Waals surface area contributed by atoms with E-state index in [-0.39, 0.29) is 0 Å². The zero-order chi connectivity index (χ0) is 19.9. The normalized spacial score (nSPS) is 13.0. The third kappa shape index (κ3) is 10.0. The van der Waals surface area contributed by atoms with Crippen molar-refractivity contribution in [1.82, 2.24) is 4.98 Å². The van der Waals surface area contributed by atoms with Gasteiger partial charge >= 0.3 is 0 Å². The van der Waals surface area contributed by atoms with Crippen LogP contribution >= 0.6 is 11.3 Å². The molecular formula is C20H33N3O2S. The maximum Gasteiger partial charge on any atom is 0.183 e. The number of aromatic nitrogens is 1. The van der Waals surface area contributed by atoms with Gasteiger partial charge in [-0.1, -0.05) is 19.9 Å². The fourth-order valence-corrected chi connectivity index (χ4v) is 2.64. The van der Waals surface area contributed by atoms with E-state index in [2.05, 4.69) is 29.1 Å². The fraction of sp³-hybridized carbons (Fsp3) is 0.500. The molecule has 0 aliphatic heterocycles. The van der Waals surface area contributed by atoms with Gasteiger partial charge in [-0.15, -0.1) is 11.3 Å². The Labute approximate surface area is 162 Å². The Hall–Kier alpha value is -2.08. The number of anilines is 1. The third-order valence-corrected chi connectivity index (χ3v) is 3.86. The van der Waals surface area contributed by atoms with E-state index < -0.39 is 0 Å². The van der Waals surface area contributed by atoms with Gasteiger partial charge in [0.2, 0.25) is 0 Å². The SMILES string of the molecule is C/C=C(/O)C/C=C\C(=C/CN=C(C)c1csc(NC(C)C)n1)OC.CC. The van der Waals surface area contributed by atoms with Crippen molar-refractivity contribution in [3.8, 4) is 0 Å². The van der Waals surface area contributed by atoms with E-state index in [4.69, 9.17) is 4.74 Å². The highest BCUT2D eigenvalue weighted by Crippen LogP contribution is 2.17. The van der Waals surface area contributed by atoms with Gasteiger partial charge in [0.1, 0.15) is 5.76 Å². The van der Waals surface area contributed by atoms with Crippen LogP contribution in [-0.2, 0) is 4.74 Å². The molecule has 146 valence electrons. The summed E-state index contributed by atoms with van der Waals surface area (Å²) >= 11 is 1.58. The highest BCUT2D eigenvalue weighted by Gasteiger charge is 2.05. The van der Waals surface area contributed by atoms with Crippen LogP contribution in [0, 0.1) is 0 Å². The van der Waals surface area contributed by atoms with Gasteiger partial charge in [-0.2, -0.15) is 0 Å². The monoisotopic (exact) mass is 379 g/mol. The lowest BCUT2D eigenvalue weighted by Gasteiger charge is -2.04. The van der Waals surface area contributed by atoms with Crippen LogP contribution in [0.2, 0.25) is 0 Å². The molecule has 0 aliphatic carbocycles. The number of rotatable bonds is 9. The van der Waals surface area contributed by atoms with Crippen molar-refractivity contribution >= 4 is 22.2 Å². The number of hydrogen-bond donors (Lipinski definition) is 2. The zero-order valence-electron chi connectivity index (χ0n) is 17.0. The Balaban J connectivity index is 0.00000301. The van der Waals surface area contributed by atoms with E-state index in [1.165, 1.54) is 0 Å². The van der Waals surface area contributed by atoms with E-state index in [9.17, 15) is 5.11 Å². The molecule has 1 aromatic heterocycles. The van der Waals surface area contributed by atoms with Crippen LogP contribution in [0.3, 0.4) is 0 Å². The summed E-state index contributed by atoms with van der Waals surface area (Å²) < 4.78 is 5.28. The number of nitrogens with one attached hydrogen (secondary N) is 1. The zero-order valence-corrected chi connectivity index (χ0v) is 17.9. The molecule has 0 bridgehead atoms. The lowest BCUT2D eigenvalue weighted by molar-refractivity contribution is 0.305. The first kappa shape index (κ1) is 23.9. The van der Waals surface area contributed by atoms with E-state index in [1.54, 1.807) is 31.4 Å². The number of aliphatic hydroxyl groups excluding tert-OH is 1. The minimum absolute atomic E-state index is 0.338. The van der Waals surface area contributed by atoms with Gasteiger partial charge in [-0.3, -0.25) is 4.99 Å². The number of ether oxygens (including phenoxy) is 1. The molecule has 1 aromatic rings. The molecule has 26 heavy (non-hydrogen) atoms. The summed E-state index contributed by atoms with van der Waals surface area (Å²) in [6, 6.07) is 0.363. The van der Waals surface area contributed by atoms with Crippen LogP contribution in [0.5, 0.6) is 0 Å². The average molecular weight is 380 g/mol. The van der Waals surface area contributed by atoms with Crippen LogP contribution in [-0.4, -0.2) is 35.5 Å². The third-order valence-electron chi connectivity index (χ3n) is 3.09. The molecule has 0 aliphatic rings. The molecular weight excluding hydrogens is 346 g/mol. The standard InChI is InChI=1S/C18H27N3O2S.C2H6/c1-6-15(22)8-7-9-16(23-5)10-11-19-14(4)17-12-24-18(21-17)20-13(2)3;1-2/h6-7,9-10,12-13,22H,8,11H2,1-5H3,(H,20,21);1-2H3/b9-7-,15-6+,16-10+,19-14?;. The van der Waals surface area contributed by atoms with Crippen LogP contribution < -0.4 is 5.32 Å². The average Bonchev–Trinajstić information content (AvgIpc) is 3.09. The Kier molecular flexibility index (Phi) is 13.0. The van der Waals surface area contributed by atoms with Gasteiger partial charge in [-0.05, 0) is 45.9 Å². The Morgan fingerprint density at radius 3 is 2.69 bits per heavy atom. The second kappa shape index (κ2) is 14.1. The van der Waals surface area contributed by atoms with Crippen LogP contribution in [0.4, 0.5) is 5.13 Å². The summed E-state index contributed by atoms with van der Waals surface area (Å²) in [5, 5.41) is 15.6. The Morgan fingerprint density at radius 2 is 2.12 bits per heavy atom. The Bertz CT molecular complexity index is 629. The molecule has 0 spiro atoms. The predicted octanol–water partition coefficient (Wildman–Crippen LogP) is 5.74. The van der Waals surface area contributed by atoms with Gasteiger partial charge < -0.3 is 15.2 Å². The van der Waals surface area contributed by atoms with E-state index >= 15 is 0 Å². The minimum Gasteiger partial charge on any atom is -0.512 e. The summed E-state index contributed by atoms with van der Waals surface area (Å²) in [6.07, 6.45) is 7.74. The maximum atomic E-state index is 9.39. The predicted molar refractivity (Wildman–Crippen MR) is 115 cm³/mol. The quantitative estimate of drug-likeness (QED) is 0.326. The highest BCUT2D eigenvalue weighted by molar-refractivity contribution is 7.13. The molecule has 1 rings (SSSR count). The van der Waals surface area contributed by atoms with Gasteiger partial charge in [0.15, 0.2) is 5.13 Å². The maximum absolute atomic E-state index is 9.39. The number of hydrogen-bond acceptors (Lipinski definition) is 6. The van der Waals surface area contributed by atoms with E-state index in [1.807, 2.05) is 44.4 Å². The van der Waals surface area contributed by atoms with Crippen molar-refractivity contribution in [3.63, 3.8) is 0 Å². The first-order valence-electron chi connectivity index (χ1n) is 8.94. The van der Waals surface area contributed by atoms with Gasteiger partial charge in [-0.25, -0.2) is 4.98 Å². The summed E-state index contributed by atoms with van der Waals surface area (Å²) in [7, 11) is 1.62. The molecule has 0 saturated heterocycles. The lowest BCUT2D eigenvalue weighted by Crippen LogP contribution is -2.09. The molecule has 5 nitrogen and oxygen atoms in total. The molecule has 0 saturated carbocycles. The first-order valence-corrected chi connectivity index (χ1v) is 9.82. The molecule has 1 heterocycles. The summed E-state index contributed by atoms with van der Waals surface area (Å²) in [5.41, 5.74) is 1.79. The molecule has 0 radical (unpaired) electrons. The highest BCUT2D eigenvalue weighted by atomic mass is 32.1. The second-order valence-corrected chi connectivity index (χ2v) is 6.32. The van der Waals surface area contributed by atoms with E-state index in [0.717, 1.165) is 22.3 Å². The molecule has 6 heteroatoms. The molecule has 0 atom stereocenters. The molecule has 0 aromatic carbocycles. The first-order chi connectivity index (χ1) is 12.5. The van der Waals surface area contributed by atoms with Crippen molar-refractivity contribution in [2.75, 3.05) is 19.0 Å². The number of aliphatic imine (C=N–C) groups is 1. The number of methoxy groups -OCH3 is 1. The number of thiazole rings is 1.